The minimum absolute atomic E-state index is 0.00372. The Labute approximate surface area is 165 Å². The van der Waals surface area contributed by atoms with Gasteiger partial charge in [0.15, 0.2) is 11.5 Å². The van der Waals surface area contributed by atoms with Crippen LogP contribution in [-0.4, -0.2) is 49.2 Å². The first-order chi connectivity index (χ1) is 13.7. The van der Waals surface area contributed by atoms with Crippen molar-refractivity contribution in [3.63, 3.8) is 0 Å². The van der Waals surface area contributed by atoms with Crippen LogP contribution < -0.4 is 20.1 Å². The number of hydrogen-bond acceptors (Lipinski definition) is 4. The number of fused-ring (bicyclic) bond motifs is 1. The summed E-state index contributed by atoms with van der Waals surface area (Å²) >= 11 is 0. The van der Waals surface area contributed by atoms with Gasteiger partial charge in [-0.3, -0.25) is 4.79 Å². The number of carbonyl (C=O) groups excluding carboxylic acids is 2. The van der Waals surface area contributed by atoms with E-state index in [2.05, 4.69) is 10.6 Å². The highest BCUT2D eigenvalue weighted by atomic mass is 16.6. The molecular weight excluding hydrogens is 358 g/mol. The van der Waals surface area contributed by atoms with E-state index in [1.807, 2.05) is 17.0 Å². The lowest BCUT2D eigenvalue weighted by Crippen LogP contribution is -2.49. The molecule has 0 atom stereocenters. The van der Waals surface area contributed by atoms with Crippen molar-refractivity contribution < 1.29 is 19.1 Å². The lowest BCUT2D eigenvalue weighted by Gasteiger charge is -2.33. The Morgan fingerprint density at radius 2 is 1.64 bits per heavy atom. The fourth-order valence-corrected chi connectivity index (χ4v) is 4.22. The third kappa shape index (κ3) is 4.51. The van der Waals surface area contributed by atoms with Crippen LogP contribution in [0.4, 0.5) is 10.5 Å². The summed E-state index contributed by atoms with van der Waals surface area (Å²) in [6.45, 7) is 2.31. The van der Waals surface area contributed by atoms with E-state index in [1.165, 1.54) is 19.3 Å². The summed E-state index contributed by atoms with van der Waals surface area (Å²) in [5.41, 5.74) is 0.715. The number of nitrogens with zero attached hydrogens (tertiary/aromatic N) is 1. The molecule has 7 nitrogen and oxygen atoms in total. The van der Waals surface area contributed by atoms with Crippen molar-refractivity contribution in [3.05, 3.63) is 18.2 Å². The molecule has 0 unspecified atom stereocenters. The van der Waals surface area contributed by atoms with Crippen molar-refractivity contribution in [2.75, 3.05) is 31.6 Å². The van der Waals surface area contributed by atoms with E-state index in [0.717, 1.165) is 12.8 Å². The highest BCUT2D eigenvalue weighted by molar-refractivity contribution is 5.93. The number of benzene rings is 1. The van der Waals surface area contributed by atoms with Crippen LogP contribution in [0.2, 0.25) is 0 Å². The second-order valence-corrected chi connectivity index (χ2v) is 7.89. The van der Waals surface area contributed by atoms with E-state index in [4.69, 9.17) is 9.47 Å². The Kier molecular flexibility index (Phi) is 5.88. The molecule has 0 radical (unpaired) electrons. The van der Waals surface area contributed by atoms with Gasteiger partial charge in [0, 0.05) is 36.8 Å². The standard InChI is InChI=1S/C21H29N3O4/c25-20(22-17-6-7-18-19(14-17)28-13-12-27-18)15-8-10-24(11-9-15)21(26)23-16-4-2-1-3-5-16/h6-7,14-16H,1-5,8-13H2,(H,22,25)(H,23,26). The monoisotopic (exact) mass is 387 g/mol. The zero-order chi connectivity index (χ0) is 19.3. The van der Waals surface area contributed by atoms with Crippen LogP contribution >= 0.6 is 0 Å². The van der Waals surface area contributed by atoms with Gasteiger partial charge in [0.25, 0.3) is 0 Å². The third-order valence-electron chi connectivity index (χ3n) is 5.90. The lowest BCUT2D eigenvalue weighted by molar-refractivity contribution is -0.121. The third-order valence-corrected chi connectivity index (χ3v) is 5.90. The van der Waals surface area contributed by atoms with Gasteiger partial charge in [-0.1, -0.05) is 19.3 Å². The summed E-state index contributed by atoms with van der Waals surface area (Å²) in [6.07, 6.45) is 7.22. The molecular formula is C21H29N3O4. The van der Waals surface area contributed by atoms with Crippen molar-refractivity contribution in [1.29, 1.82) is 0 Å². The second kappa shape index (κ2) is 8.71. The molecule has 1 aromatic carbocycles. The number of amides is 3. The van der Waals surface area contributed by atoms with Gasteiger partial charge in [-0.2, -0.15) is 0 Å². The summed E-state index contributed by atoms with van der Waals surface area (Å²) in [5, 5.41) is 6.14. The topological polar surface area (TPSA) is 79.9 Å². The maximum Gasteiger partial charge on any atom is 0.317 e. The van der Waals surface area contributed by atoms with Crippen molar-refractivity contribution in [3.8, 4) is 11.5 Å². The van der Waals surface area contributed by atoms with Gasteiger partial charge in [-0.05, 0) is 37.8 Å². The average Bonchev–Trinajstić information content (AvgIpc) is 2.74. The summed E-state index contributed by atoms with van der Waals surface area (Å²) in [5.74, 6) is 1.30. The number of ether oxygens (including phenoxy) is 2. The van der Waals surface area contributed by atoms with Gasteiger partial charge in [0.1, 0.15) is 13.2 Å². The summed E-state index contributed by atoms with van der Waals surface area (Å²) in [7, 11) is 0. The first-order valence-corrected chi connectivity index (χ1v) is 10.4. The van der Waals surface area contributed by atoms with E-state index in [9.17, 15) is 9.59 Å². The highest BCUT2D eigenvalue weighted by Gasteiger charge is 2.28. The molecule has 0 spiro atoms. The maximum absolute atomic E-state index is 12.6. The Morgan fingerprint density at radius 1 is 0.929 bits per heavy atom. The number of piperidine rings is 1. The van der Waals surface area contributed by atoms with Gasteiger partial charge in [0.05, 0.1) is 0 Å². The first-order valence-electron chi connectivity index (χ1n) is 10.4. The molecule has 2 N–H and O–H groups in total. The van der Waals surface area contributed by atoms with E-state index in [0.29, 0.717) is 62.4 Å². The molecule has 2 heterocycles. The van der Waals surface area contributed by atoms with E-state index < -0.39 is 0 Å². The predicted molar refractivity (Wildman–Crippen MR) is 106 cm³/mol. The number of nitrogens with one attached hydrogen (secondary N) is 2. The molecule has 4 rings (SSSR count). The molecule has 2 aliphatic heterocycles. The van der Waals surface area contributed by atoms with Crippen LogP contribution in [0.15, 0.2) is 18.2 Å². The Balaban J connectivity index is 1.25. The molecule has 0 aromatic heterocycles. The fraction of sp³-hybridized carbons (Fsp3) is 0.619. The summed E-state index contributed by atoms with van der Waals surface area (Å²) < 4.78 is 11.1. The number of carbonyl (C=O) groups is 2. The molecule has 28 heavy (non-hydrogen) atoms. The average molecular weight is 387 g/mol. The summed E-state index contributed by atoms with van der Waals surface area (Å²) in [4.78, 5) is 26.9. The molecule has 152 valence electrons. The normalized spacial score (nSPS) is 20.5. The number of hydrogen-bond donors (Lipinski definition) is 2. The van der Waals surface area contributed by atoms with Crippen LogP contribution in [0, 0.1) is 5.92 Å². The Bertz CT molecular complexity index is 710. The molecule has 1 aromatic rings. The number of likely N-dealkylation sites (tertiary alicyclic amines) is 1. The van der Waals surface area contributed by atoms with Crippen molar-refractivity contribution in [2.24, 2.45) is 5.92 Å². The molecule has 3 aliphatic rings. The van der Waals surface area contributed by atoms with Crippen molar-refractivity contribution >= 4 is 17.6 Å². The molecule has 1 saturated carbocycles. The Morgan fingerprint density at radius 3 is 2.39 bits per heavy atom. The smallest absolute Gasteiger partial charge is 0.317 e. The predicted octanol–water partition coefficient (Wildman–Crippen LogP) is 3.15. The fourth-order valence-electron chi connectivity index (χ4n) is 4.22. The molecule has 2 fully saturated rings. The summed E-state index contributed by atoms with van der Waals surface area (Å²) in [6, 6.07) is 5.80. The van der Waals surface area contributed by atoms with Crippen molar-refractivity contribution in [2.45, 2.75) is 51.0 Å². The van der Waals surface area contributed by atoms with Gasteiger partial charge in [-0.15, -0.1) is 0 Å². The highest BCUT2D eigenvalue weighted by Crippen LogP contribution is 2.33. The minimum Gasteiger partial charge on any atom is -0.486 e. The zero-order valence-electron chi connectivity index (χ0n) is 16.2. The SMILES string of the molecule is O=C(Nc1ccc2c(c1)OCCO2)C1CCN(C(=O)NC2CCCCC2)CC1. The van der Waals surface area contributed by atoms with E-state index in [1.54, 1.807) is 6.07 Å². The lowest BCUT2D eigenvalue weighted by atomic mass is 9.95. The van der Waals surface area contributed by atoms with E-state index in [-0.39, 0.29) is 17.9 Å². The Hall–Kier alpha value is -2.44. The zero-order valence-corrected chi connectivity index (χ0v) is 16.2. The van der Waals surface area contributed by atoms with E-state index >= 15 is 0 Å². The van der Waals surface area contributed by atoms with Crippen LogP contribution in [0.3, 0.4) is 0 Å². The largest absolute Gasteiger partial charge is 0.486 e. The molecule has 7 heteroatoms. The number of urea groups is 1. The molecule has 1 saturated heterocycles. The van der Waals surface area contributed by atoms with Gasteiger partial charge >= 0.3 is 6.03 Å². The molecule has 1 aliphatic carbocycles. The number of anilines is 1. The minimum atomic E-state index is -0.0769. The molecule has 0 bridgehead atoms. The van der Waals surface area contributed by atoms with Crippen LogP contribution in [0.5, 0.6) is 11.5 Å². The second-order valence-electron chi connectivity index (χ2n) is 7.89. The quantitative estimate of drug-likeness (QED) is 0.835. The van der Waals surface area contributed by atoms with Crippen molar-refractivity contribution in [1.82, 2.24) is 10.2 Å². The van der Waals surface area contributed by atoms with Gasteiger partial charge in [0.2, 0.25) is 5.91 Å². The van der Waals surface area contributed by atoms with Crippen LogP contribution in [-0.2, 0) is 4.79 Å². The molecule has 3 amide bonds. The number of rotatable bonds is 3. The first kappa shape index (κ1) is 18.9. The maximum atomic E-state index is 12.6. The van der Waals surface area contributed by atoms with Gasteiger partial charge < -0.3 is 25.0 Å². The van der Waals surface area contributed by atoms with Crippen LogP contribution in [0.1, 0.15) is 44.9 Å². The van der Waals surface area contributed by atoms with Gasteiger partial charge in [-0.25, -0.2) is 4.79 Å². The van der Waals surface area contributed by atoms with Crippen LogP contribution in [0.25, 0.3) is 0 Å².